The summed E-state index contributed by atoms with van der Waals surface area (Å²) in [6.07, 6.45) is 2.74. The molecule has 1 rings (SSSR count). The molecule has 1 aliphatic rings. The summed E-state index contributed by atoms with van der Waals surface area (Å²) in [5.41, 5.74) is 4.87. The first-order chi connectivity index (χ1) is 8.11. The van der Waals surface area contributed by atoms with Crippen LogP contribution in [0.5, 0.6) is 0 Å². The molecule has 1 unspecified atom stereocenters. The maximum Gasteiger partial charge on any atom is 0.318 e. The normalized spacial score (nSPS) is 19.9. The van der Waals surface area contributed by atoms with Gasteiger partial charge < -0.3 is 16.0 Å². The highest BCUT2D eigenvalue weighted by Gasteiger charge is 2.19. The summed E-state index contributed by atoms with van der Waals surface area (Å²) in [6, 6.07) is -0.776. The van der Waals surface area contributed by atoms with E-state index in [1.165, 1.54) is 12.8 Å². The standard InChI is InChI=1S/C11H22N4O2.ClH/c1-13-7-9-3-2-5-15(8-9)6-4-10(16)14-11(12)17;/h9,13H,2-8H2,1H3,(H3,12,14,16,17);1H. The zero-order valence-corrected chi connectivity index (χ0v) is 11.6. The van der Waals surface area contributed by atoms with Crippen LogP contribution in [-0.2, 0) is 4.79 Å². The molecule has 1 aliphatic heterocycles. The fraction of sp³-hybridized carbons (Fsp3) is 0.818. The van der Waals surface area contributed by atoms with Crippen molar-refractivity contribution >= 4 is 24.3 Å². The Morgan fingerprint density at radius 2 is 2.17 bits per heavy atom. The smallest absolute Gasteiger partial charge is 0.318 e. The number of nitrogens with zero attached hydrogens (tertiary/aromatic N) is 1. The fourth-order valence-electron chi connectivity index (χ4n) is 2.27. The average molecular weight is 279 g/mol. The lowest BCUT2D eigenvalue weighted by atomic mass is 9.98. The fourth-order valence-corrected chi connectivity index (χ4v) is 2.27. The number of carbonyl (C=O) groups excluding carboxylic acids is 2. The summed E-state index contributed by atoms with van der Waals surface area (Å²) >= 11 is 0. The Hall–Kier alpha value is -0.850. The van der Waals surface area contributed by atoms with E-state index in [9.17, 15) is 9.59 Å². The van der Waals surface area contributed by atoms with Gasteiger partial charge in [-0.05, 0) is 38.9 Å². The van der Waals surface area contributed by atoms with Gasteiger partial charge >= 0.3 is 6.03 Å². The van der Waals surface area contributed by atoms with Gasteiger partial charge in [-0.25, -0.2) is 4.79 Å². The van der Waals surface area contributed by atoms with Gasteiger partial charge in [0, 0.05) is 19.5 Å². The van der Waals surface area contributed by atoms with E-state index in [0.29, 0.717) is 18.9 Å². The molecule has 0 bridgehead atoms. The summed E-state index contributed by atoms with van der Waals surface area (Å²) in [7, 11) is 1.96. The van der Waals surface area contributed by atoms with E-state index >= 15 is 0 Å². The van der Waals surface area contributed by atoms with E-state index in [4.69, 9.17) is 5.73 Å². The van der Waals surface area contributed by atoms with Crippen molar-refractivity contribution in [3.8, 4) is 0 Å². The Labute approximate surface area is 114 Å². The van der Waals surface area contributed by atoms with Crippen LogP contribution in [0, 0.1) is 5.92 Å². The zero-order chi connectivity index (χ0) is 12.7. The van der Waals surface area contributed by atoms with E-state index in [-0.39, 0.29) is 18.3 Å². The van der Waals surface area contributed by atoms with Crippen LogP contribution in [0.2, 0.25) is 0 Å². The third kappa shape index (κ3) is 6.78. The Morgan fingerprint density at radius 1 is 1.44 bits per heavy atom. The van der Waals surface area contributed by atoms with Gasteiger partial charge in [0.2, 0.25) is 5.91 Å². The van der Waals surface area contributed by atoms with Crippen molar-refractivity contribution < 1.29 is 9.59 Å². The lowest BCUT2D eigenvalue weighted by molar-refractivity contribution is -0.120. The predicted octanol–water partition coefficient (Wildman–Crippen LogP) is -0.0754. The number of nitrogens with one attached hydrogen (secondary N) is 2. The largest absolute Gasteiger partial charge is 0.351 e. The maximum atomic E-state index is 11.3. The SMILES string of the molecule is CNCC1CCCN(CCC(=O)NC(N)=O)C1.Cl. The second-order valence-electron chi connectivity index (χ2n) is 4.53. The van der Waals surface area contributed by atoms with Crippen molar-refractivity contribution in [1.29, 1.82) is 0 Å². The molecule has 0 radical (unpaired) electrons. The third-order valence-electron chi connectivity index (χ3n) is 3.01. The van der Waals surface area contributed by atoms with E-state index in [2.05, 4.69) is 15.5 Å². The van der Waals surface area contributed by atoms with Gasteiger partial charge in [0.25, 0.3) is 0 Å². The molecule has 0 aliphatic carbocycles. The van der Waals surface area contributed by atoms with Crippen LogP contribution in [0.4, 0.5) is 4.79 Å². The van der Waals surface area contributed by atoms with Crippen LogP contribution < -0.4 is 16.4 Å². The Balaban J connectivity index is 0.00000289. The lowest BCUT2D eigenvalue weighted by Gasteiger charge is -2.32. The number of halogens is 1. The number of carbonyl (C=O) groups is 2. The molecule has 0 spiro atoms. The highest BCUT2D eigenvalue weighted by atomic mass is 35.5. The van der Waals surface area contributed by atoms with Crippen molar-refractivity contribution in [1.82, 2.24) is 15.5 Å². The van der Waals surface area contributed by atoms with Gasteiger partial charge in [0.15, 0.2) is 0 Å². The molecule has 6 nitrogen and oxygen atoms in total. The minimum absolute atomic E-state index is 0. The van der Waals surface area contributed by atoms with Gasteiger partial charge in [-0.3, -0.25) is 10.1 Å². The van der Waals surface area contributed by atoms with E-state index in [1.807, 2.05) is 7.05 Å². The summed E-state index contributed by atoms with van der Waals surface area (Å²) in [5.74, 6) is 0.362. The van der Waals surface area contributed by atoms with Crippen LogP contribution in [0.25, 0.3) is 0 Å². The van der Waals surface area contributed by atoms with Crippen LogP contribution >= 0.6 is 12.4 Å². The van der Waals surface area contributed by atoms with Gasteiger partial charge in [-0.1, -0.05) is 0 Å². The summed E-state index contributed by atoms with van der Waals surface area (Å²) in [5, 5.41) is 5.26. The van der Waals surface area contributed by atoms with Gasteiger partial charge in [0.05, 0.1) is 0 Å². The number of amides is 3. The summed E-state index contributed by atoms with van der Waals surface area (Å²) in [6.45, 7) is 3.76. The van der Waals surface area contributed by atoms with Gasteiger partial charge in [0.1, 0.15) is 0 Å². The molecule has 1 atom stereocenters. The molecule has 7 heteroatoms. The number of urea groups is 1. The topological polar surface area (TPSA) is 87.5 Å². The third-order valence-corrected chi connectivity index (χ3v) is 3.01. The van der Waals surface area contributed by atoms with Crippen molar-refractivity contribution in [2.75, 3.05) is 33.2 Å². The lowest BCUT2D eigenvalue weighted by Crippen LogP contribution is -2.42. The number of rotatable bonds is 5. The average Bonchev–Trinajstić information content (AvgIpc) is 2.26. The number of likely N-dealkylation sites (tertiary alicyclic amines) is 1. The van der Waals surface area contributed by atoms with E-state index in [0.717, 1.165) is 19.6 Å². The van der Waals surface area contributed by atoms with Gasteiger partial charge in [-0.2, -0.15) is 0 Å². The molecule has 0 saturated carbocycles. The van der Waals surface area contributed by atoms with Crippen LogP contribution in [0.1, 0.15) is 19.3 Å². The molecule has 1 heterocycles. The Bertz CT molecular complexity index is 274. The molecular weight excluding hydrogens is 256 g/mol. The first kappa shape index (κ1) is 17.2. The number of hydrogen-bond acceptors (Lipinski definition) is 4. The molecule has 0 aromatic rings. The molecule has 4 N–H and O–H groups in total. The predicted molar refractivity (Wildman–Crippen MR) is 72.7 cm³/mol. The molecule has 1 fully saturated rings. The van der Waals surface area contributed by atoms with Crippen LogP contribution in [0.3, 0.4) is 0 Å². The molecule has 1 saturated heterocycles. The van der Waals surface area contributed by atoms with Crippen molar-refractivity contribution in [2.45, 2.75) is 19.3 Å². The minimum Gasteiger partial charge on any atom is -0.351 e. The molecule has 18 heavy (non-hydrogen) atoms. The molecule has 106 valence electrons. The van der Waals surface area contributed by atoms with Crippen molar-refractivity contribution in [3.63, 3.8) is 0 Å². The van der Waals surface area contributed by atoms with Crippen LogP contribution in [-0.4, -0.2) is 50.1 Å². The number of imide groups is 1. The number of hydrogen-bond donors (Lipinski definition) is 3. The van der Waals surface area contributed by atoms with E-state index < -0.39 is 6.03 Å². The molecular formula is C11H23ClN4O2. The van der Waals surface area contributed by atoms with Crippen molar-refractivity contribution in [2.24, 2.45) is 11.7 Å². The molecule has 3 amide bonds. The van der Waals surface area contributed by atoms with Crippen molar-refractivity contribution in [3.05, 3.63) is 0 Å². The number of piperidine rings is 1. The maximum absolute atomic E-state index is 11.3. The first-order valence-corrected chi connectivity index (χ1v) is 6.08. The Kier molecular flexibility index (Phi) is 8.70. The van der Waals surface area contributed by atoms with Crippen LogP contribution in [0.15, 0.2) is 0 Å². The minimum atomic E-state index is -0.776. The molecule has 0 aromatic carbocycles. The summed E-state index contributed by atoms with van der Waals surface area (Å²) in [4.78, 5) is 24.0. The second kappa shape index (κ2) is 9.13. The number of primary amides is 1. The van der Waals surface area contributed by atoms with E-state index in [1.54, 1.807) is 0 Å². The highest BCUT2D eigenvalue weighted by molar-refractivity contribution is 5.93. The highest BCUT2D eigenvalue weighted by Crippen LogP contribution is 2.15. The monoisotopic (exact) mass is 278 g/mol. The first-order valence-electron chi connectivity index (χ1n) is 6.08. The molecule has 0 aromatic heterocycles. The second-order valence-corrected chi connectivity index (χ2v) is 4.53. The zero-order valence-electron chi connectivity index (χ0n) is 10.8. The Morgan fingerprint density at radius 3 is 2.78 bits per heavy atom. The number of nitrogens with two attached hydrogens (primary N) is 1. The van der Waals surface area contributed by atoms with Gasteiger partial charge in [-0.15, -0.1) is 12.4 Å². The quantitative estimate of drug-likeness (QED) is 0.657. The summed E-state index contributed by atoms with van der Waals surface area (Å²) < 4.78 is 0.